The van der Waals surface area contributed by atoms with E-state index in [1.165, 1.54) is 4.88 Å². The first-order valence-corrected chi connectivity index (χ1v) is 7.06. The largest absolute Gasteiger partial charge is 0.344 e. The smallest absolute Gasteiger partial charge is 0.239 e. The number of hydrogen-bond acceptors (Lipinski definition) is 3. The van der Waals surface area contributed by atoms with Gasteiger partial charge in [-0.2, -0.15) is 0 Å². The summed E-state index contributed by atoms with van der Waals surface area (Å²) in [6.45, 7) is 2.86. The second-order valence-electron chi connectivity index (χ2n) is 4.34. The van der Waals surface area contributed by atoms with Crippen molar-refractivity contribution in [2.24, 2.45) is 5.73 Å². The Morgan fingerprint density at radius 1 is 1.59 bits per heavy atom. The lowest BCUT2D eigenvalue weighted by Crippen LogP contribution is -2.42. The molecule has 0 radical (unpaired) electrons. The molecule has 3 nitrogen and oxygen atoms in total. The van der Waals surface area contributed by atoms with Crippen molar-refractivity contribution in [3.63, 3.8) is 0 Å². The minimum Gasteiger partial charge on any atom is -0.344 e. The maximum Gasteiger partial charge on any atom is 0.239 e. The predicted octanol–water partition coefficient (Wildman–Crippen LogP) is 2.27. The molecule has 4 heteroatoms. The molecule has 0 spiro atoms. The van der Waals surface area contributed by atoms with Crippen molar-refractivity contribution in [3.8, 4) is 0 Å². The highest BCUT2D eigenvalue weighted by molar-refractivity contribution is 7.09. The van der Waals surface area contributed by atoms with Crippen LogP contribution in [0, 0.1) is 0 Å². The van der Waals surface area contributed by atoms with Crippen LogP contribution in [-0.4, -0.2) is 30.4 Å². The molecule has 1 rings (SSSR count). The zero-order valence-corrected chi connectivity index (χ0v) is 11.5. The molecule has 2 N–H and O–H groups in total. The van der Waals surface area contributed by atoms with Crippen molar-refractivity contribution in [1.82, 2.24) is 4.90 Å². The van der Waals surface area contributed by atoms with Crippen LogP contribution in [0.3, 0.4) is 0 Å². The number of unbranched alkanes of at least 4 members (excludes halogenated alkanes) is 1. The van der Waals surface area contributed by atoms with Crippen LogP contribution in [0.1, 0.15) is 31.1 Å². The summed E-state index contributed by atoms with van der Waals surface area (Å²) in [7, 11) is 1.84. The van der Waals surface area contributed by atoms with Gasteiger partial charge in [-0.3, -0.25) is 4.79 Å². The molecule has 0 aliphatic carbocycles. The SMILES string of the molecule is CCCC[C@H](N)C(=O)N(C)CCc1cccs1. The van der Waals surface area contributed by atoms with Crippen molar-refractivity contribution in [3.05, 3.63) is 22.4 Å². The van der Waals surface area contributed by atoms with Gasteiger partial charge in [-0.05, 0) is 24.3 Å². The Bertz CT molecular complexity index is 324. The van der Waals surface area contributed by atoms with Crippen LogP contribution in [0.2, 0.25) is 0 Å². The summed E-state index contributed by atoms with van der Waals surface area (Å²) in [4.78, 5) is 15.0. The van der Waals surface area contributed by atoms with Crippen molar-refractivity contribution >= 4 is 17.2 Å². The summed E-state index contributed by atoms with van der Waals surface area (Å²) >= 11 is 1.73. The van der Waals surface area contributed by atoms with Gasteiger partial charge < -0.3 is 10.6 Å². The van der Waals surface area contributed by atoms with Crippen molar-refractivity contribution in [2.75, 3.05) is 13.6 Å². The summed E-state index contributed by atoms with van der Waals surface area (Å²) in [5, 5.41) is 2.06. The number of rotatable bonds is 7. The molecule has 0 bridgehead atoms. The molecule has 1 atom stereocenters. The lowest BCUT2D eigenvalue weighted by atomic mass is 10.1. The molecule has 0 unspecified atom stereocenters. The summed E-state index contributed by atoms with van der Waals surface area (Å²) < 4.78 is 0. The van der Waals surface area contributed by atoms with Gasteiger partial charge in [0.15, 0.2) is 0 Å². The molecule has 0 saturated heterocycles. The molecule has 1 heterocycles. The Kier molecular flexibility index (Phi) is 6.22. The van der Waals surface area contributed by atoms with Crippen LogP contribution in [-0.2, 0) is 11.2 Å². The summed E-state index contributed by atoms with van der Waals surface area (Å²) in [5.41, 5.74) is 5.86. The monoisotopic (exact) mass is 254 g/mol. The number of nitrogens with zero attached hydrogens (tertiary/aromatic N) is 1. The van der Waals surface area contributed by atoms with Crippen LogP contribution in [0.5, 0.6) is 0 Å². The van der Waals surface area contributed by atoms with E-state index in [0.717, 1.165) is 32.2 Å². The van der Waals surface area contributed by atoms with Crippen molar-refractivity contribution < 1.29 is 4.79 Å². The number of hydrogen-bond donors (Lipinski definition) is 1. The van der Waals surface area contributed by atoms with E-state index in [2.05, 4.69) is 18.4 Å². The Morgan fingerprint density at radius 2 is 2.35 bits per heavy atom. The fourth-order valence-corrected chi connectivity index (χ4v) is 2.37. The maximum atomic E-state index is 11.9. The third-order valence-corrected chi connectivity index (χ3v) is 3.77. The van der Waals surface area contributed by atoms with Gasteiger partial charge in [0.1, 0.15) is 0 Å². The average molecular weight is 254 g/mol. The highest BCUT2D eigenvalue weighted by atomic mass is 32.1. The van der Waals surface area contributed by atoms with E-state index < -0.39 is 0 Å². The van der Waals surface area contributed by atoms with Gasteiger partial charge >= 0.3 is 0 Å². The van der Waals surface area contributed by atoms with Gasteiger partial charge in [0, 0.05) is 18.5 Å². The van der Waals surface area contributed by atoms with Crippen LogP contribution in [0.4, 0.5) is 0 Å². The van der Waals surface area contributed by atoms with Gasteiger partial charge in [0.05, 0.1) is 6.04 Å². The van der Waals surface area contributed by atoms with Gasteiger partial charge in [-0.15, -0.1) is 11.3 Å². The third-order valence-electron chi connectivity index (χ3n) is 2.84. The number of likely N-dealkylation sites (N-methyl/N-ethyl adjacent to an activating group) is 1. The second kappa shape index (κ2) is 7.45. The van der Waals surface area contributed by atoms with E-state index >= 15 is 0 Å². The molecule has 1 amide bonds. The minimum absolute atomic E-state index is 0.0648. The van der Waals surface area contributed by atoms with Crippen molar-refractivity contribution in [2.45, 2.75) is 38.6 Å². The lowest BCUT2D eigenvalue weighted by Gasteiger charge is -2.20. The summed E-state index contributed by atoms with van der Waals surface area (Å²) in [5.74, 6) is 0.0648. The molecule has 1 aromatic rings. The van der Waals surface area contributed by atoms with E-state index in [4.69, 9.17) is 5.73 Å². The van der Waals surface area contributed by atoms with Crippen molar-refractivity contribution in [1.29, 1.82) is 0 Å². The molecular weight excluding hydrogens is 232 g/mol. The van der Waals surface area contributed by atoms with E-state index in [1.807, 2.05) is 13.1 Å². The van der Waals surface area contributed by atoms with Gasteiger partial charge in [-0.25, -0.2) is 0 Å². The molecule has 0 aliphatic rings. The molecule has 96 valence electrons. The highest BCUT2D eigenvalue weighted by Crippen LogP contribution is 2.10. The topological polar surface area (TPSA) is 46.3 Å². The fourth-order valence-electron chi connectivity index (χ4n) is 1.67. The Balaban J connectivity index is 2.31. The normalized spacial score (nSPS) is 12.4. The van der Waals surface area contributed by atoms with Gasteiger partial charge in [0.2, 0.25) is 5.91 Å². The number of carbonyl (C=O) groups is 1. The first-order valence-electron chi connectivity index (χ1n) is 6.18. The first kappa shape index (κ1) is 14.2. The van der Waals surface area contributed by atoms with Gasteiger partial charge in [-0.1, -0.05) is 25.8 Å². The molecule has 0 fully saturated rings. The molecule has 17 heavy (non-hydrogen) atoms. The molecule has 0 aliphatic heterocycles. The molecular formula is C13H22N2OS. The first-order chi connectivity index (χ1) is 8.15. The summed E-state index contributed by atoms with van der Waals surface area (Å²) in [6.07, 6.45) is 3.81. The number of carbonyl (C=O) groups excluding carboxylic acids is 1. The molecule has 0 aromatic carbocycles. The maximum absolute atomic E-state index is 11.9. The number of thiophene rings is 1. The second-order valence-corrected chi connectivity index (χ2v) is 5.37. The van der Waals surface area contributed by atoms with E-state index in [0.29, 0.717) is 0 Å². The molecule has 1 aromatic heterocycles. The Labute approximate surface area is 108 Å². The highest BCUT2D eigenvalue weighted by Gasteiger charge is 2.16. The van der Waals surface area contributed by atoms with Crippen LogP contribution in [0.25, 0.3) is 0 Å². The number of nitrogens with two attached hydrogens (primary N) is 1. The lowest BCUT2D eigenvalue weighted by molar-refractivity contribution is -0.131. The standard InChI is InChI=1S/C13H22N2OS/c1-3-4-7-12(14)13(16)15(2)9-8-11-6-5-10-17-11/h5-6,10,12H,3-4,7-9,14H2,1-2H3/t12-/m0/s1. The van der Waals surface area contributed by atoms with Crippen LogP contribution < -0.4 is 5.73 Å². The van der Waals surface area contributed by atoms with E-state index in [9.17, 15) is 4.79 Å². The zero-order valence-electron chi connectivity index (χ0n) is 10.7. The predicted molar refractivity (Wildman–Crippen MR) is 73.2 cm³/mol. The van der Waals surface area contributed by atoms with E-state index in [-0.39, 0.29) is 11.9 Å². The Hall–Kier alpha value is -0.870. The van der Waals surface area contributed by atoms with Crippen LogP contribution >= 0.6 is 11.3 Å². The van der Waals surface area contributed by atoms with E-state index in [1.54, 1.807) is 16.2 Å². The zero-order chi connectivity index (χ0) is 12.7. The summed E-state index contributed by atoms with van der Waals surface area (Å²) in [6, 6.07) is 3.80. The Morgan fingerprint density at radius 3 is 2.94 bits per heavy atom. The molecule has 0 saturated carbocycles. The third kappa shape index (κ3) is 4.88. The number of amides is 1. The fraction of sp³-hybridized carbons (Fsp3) is 0.615. The van der Waals surface area contributed by atoms with Crippen LogP contribution in [0.15, 0.2) is 17.5 Å². The van der Waals surface area contributed by atoms with Gasteiger partial charge in [0.25, 0.3) is 0 Å². The quantitative estimate of drug-likeness (QED) is 0.811. The minimum atomic E-state index is -0.330. The average Bonchev–Trinajstić information content (AvgIpc) is 2.85.